The predicted molar refractivity (Wildman–Crippen MR) is 438 cm³/mol. The SMILES string of the molecule is CC1=Nc2ccc3c(S(=O)(=O)NCCS(=O)(=O)O)cc(S(=O)(=O)O)cc3c2C1(C)C.CC1=Nc2ccc3ccc(S(=O)(=O)O)cc3c2C1C.CCNS(=O)(=O)c1cc(S(=O)(=O)NCCS(=O)(=O)O)c2ccc3c(c2c1)C(C)(C)C(C)=N3.CCNS(=O)(=O)c1ccc2ccc3c(c2c1)C(C)(C)C(C)=N3.O=S(=O)=O.O=S(=O)=O.O=S(=O)=O.O=S(=O)=O. The van der Waals surface area contributed by atoms with Gasteiger partial charge in [0.1, 0.15) is 0 Å². The predicted octanol–water partition coefficient (Wildman–Crippen LogP) is 6.13. The number of nitrogens with zero attached hydrogens (tertiary/aromatic N) is 4. The Hall–Kier alpha value is -8.76. The van der Waals surface area contributed by atoms with Gasteiger partial charge in [0.25, 0.3) is 40.5 Å². The topological polar surface area (TPSA) is 656 Å². The van der Waals surface area contributed by atoms with Crippen LogP contribution >= 0.6 is 0 Å². The highest BCUT2D eigenvalue weighted by atomic mass is 32.2. The fourth-order valence-corrected chi connectivity index (χ4v) is 19.4. The molecule has 4 aliphatic rings. The van der Waals surface area contributed by atoms with Crippen LogP contribution in [-0.2, 0) is 139 Å². The molecule has 0 saturated heterocycles. The second-order valence-corrected chi connectivity index (χ2v) is 41.9. The maximum atomic E-state index is 13.1. The number of sulfonamides is 4. The molecule has 119 heavy (non-hydrogen) atoms. The van der Waals surface area contributed by atoms with Gasteiger partial charge < -0.3 is 0 Å². The van der Waals surface area contributed by atoms with Crippen molar-refractivity contribution in [1.29, 1.82) is 0 Å². The first kappa shape index (κ1) is 101. The largest absolute Gasteiger partial charge is 0.425 e. The van der Waals surface area contributed by atoms with Crippen molar-refractivity contribution in [3.63, 3.8) is 0 Å². The quantitative estimate of drug-likeness (QED) is 0.0448. The lowest BCUT2D eigenvalue weighted by Gasteiger charge is -2.23. The molecule has 8 aromatic rings. The lowest BCUT2D eigenvalue weighted by Crippen LogP contribution is -2.30. The van der Waals surface area contributed by atoms with Crippen molar-refractivity contribution in [2.24, 2.45) is 20.0 Å². The summed E-state index contributed by atoms with van der Waals surface area (Å²) in [5.41, 5.74) is 8.70. The van der Waals surface area contributed by atoms with Crippen LogP contribution in [0.15, 0.2) is 159 Å². The van der Waals surface area contributed by atoms with Gasteiger partial charge in [-0.05, 0) is 155 Å². The monoisotopic (exact) mass is 1890 g/mol. The Labute approximate surface area is 691 Å². The lowest BCUT2D eigenvalue weighted by molar-refractivity contribution is 0.480. The van der Waals surface area contributed by atoms with E-state index in [0.29, 0.717) is 39.3 Å². The zero-order chi connectivity index (χ0) is 91.0. The fourth-order valence-electron chi connectivity index (χ4n) is 12.5. The lowest BCUT2D eigenvalue weighted by atomic mass is 9.80. The highest BCUT2D eigenvalue weighted by Crippen LogP contribution is 2.49. The first-order valence-electron chi connectivity index (χ1n) is 33.7. The summed E-state index contributed by atoms with van der Waals surface area (Å²) in [5.74, 6) is -1.53. The van der Waals surface area contributed by atoms with Crippen LogP contribution in [0.3, 0.4) is 0 Å². The minimum Gasteiger partial charge on any atom is -0.286 e. The van der Waals surface area contributed by atoms with Crippen LogP contribution in [0.25, 0.3) is 43.1 Å². The van der Waals surface area contributed by atoms with E-state index < -0.39 is 168 Å². The van der Waals surface area contributed by atoms with E-state index in [-0.39, 0.29) is 48.7 Å². The summed E-state index contributed by atoms with van der Waals surface area (Å²) in [6, 6.07) is 28.6. The van der Waals surface area contributed by atoms with Crippen LogP contribution in [0.4, 0.5) is 22.7 Å². The molecule has 4 aliphatic heterocycles. The van der Waals surface area contributed by atoms with Crippen molar-refractivity contribution >= 4 is 212 Å². The molecule has 0 radical (unpaired) electrons. The highest BCUT2D eigenvalue weighted by molar-refractivity contribution is 7.91. The number of rotatable bonds is 18. The molecule has 0 spiro atoms. The Morgan fingerprint density at radius 3 is 1.00 bits per heavy atom. The molecule has 0 saturated carbocycles. The zero-order valence-electron chi connectivity index (χ0n) is 64.6. The standard InChI is InChI=1S/C19H25N3O7S3.C17H20N2O8S3.C17H20N2O2S.C14H13NO3S.4O3S/c1-5-20-31(26,27)13-10-15-14(6-7-16-18(15)19(3,4)12(2)22-16)17(11-13)32(28,29)21-8-9-30(23,24)25;1-10-17(2,3)16-13-8-11(30(25,26)27)9-15(12(13)4-5-14(16)19-10)29(23,24)18-6-7-28(20,21)22;1-5-18-22(20,21)13-8-6-12-7-9-15-16(14(12)10-13)17(3,4)11(2)19-15;1-8-9(2)15-13-6-4-10-3-5-11(19(16,17)18)7-12(10)14(8)13;4*1-4(2)3/h6-7,10-11,20-21H,5,8-9H2,1-4H3,(H,23,24,25);4-5,8-9,18H,6-7H2,1-3H3,(H,20,21,22)(H,25,26,27);6-10,18H,5H2,1-4H3;3-8H,1-2H3,(H,16,17,18);;;;. The third-order valence-corrected chi connectivity index (χ3v) is 27.8. The summed E-state index contributed by atoms with van der Waals surface area (Å²) in [7, 11) is -46.4. The molecule has 650 valence electrons. The van der Waals surface area contributed by atoms with Gasteiger partial charge in [0.15, 0.2) is 0 Å². The minimum absolute atomic E-state index is 0.0786. The van der Waals surface area contributed by atoms with Crippen molar-refractivity contribution in [1.82, 2.24) is 18.9 Å². The molecule has 4 heterocycles. The molecule has 0 fully saturated rings. The number of nitrogens with one attached hydrogen (secondary N) is 4. The van der Waals surface area contributed by atoms with Gasteiger partial charge in [-0.25, -0.2) is 52.6 Å². The molecule has 1 unspecified atom stereocenters. The van der Waals surface area contributed by atoms with Crippen LogP contribution in [0.2, 0.25) is 0 Å². The Morgan fingerprint density at radius 1 is 0.345 bits per heavy atom. The van der Waals surface area contributed by atoms with Gasteiger partial charge in [-0.3, -0.25) is 38.2 Å². The van der Waals surface area contributed by atoms with E-state index in [9.17, 15) is 71.9 Å². The Kier molecular flexibility index (Phi) is 32.6. The van der Waals surface area contributed by atoms with Crippen LogP contribution < -0.4 is 18.9 Å². The molecule has 1 atom stereocenters. The van der Waals surface area contributed by atoms with E-state index in [2.05, 4.69) is 48.0 Å². The average Bonchev–Trinajstić information content (AvgIpc) is 1.64. The van der Waals surface area contributed by atoms with E-state index in [1.54, 1.807) is 57.2 Å². The van der Waals surface area contributed by atoms with E-state index in [1.165, 1.54) is 30.3 Å². The number of fused-ring (bicyclic) bond motifs is 12. The smallest absolute Gasteiger partial charge is 0.286 e. The van der Waals surface area contributed by atoms with Crippen molar-refractivity contribution in [3.8, 4) is 0 Å². The first-order valence-corrected chi connectivity index (χ1v) is 49.7. The van der Waals surface area contributed by atoms with E-state index >= 15 is 0 Å². The number of aliphatic imine (C=N–C) groups is 4. The highest BCUT2D eigenvalue weighted by Gasteiger charge is 2.39. The van der Waals surface area contributed by atoms with E-state index in [1.807, 2.05) is 90.4 Å². The average molecular weight is 1890 g/mol. The maximum absolute atomic E-state index is 13.1. The molecular formula is C67H78N8O32S12. The molecular weight excluding hydrogens is 1810 g/mol. The molecule has 8 aromatic carbocycles. The van der Waals surface area contributed by atoms with Crippen LogP contribution in [0.5, 0.6) is 0 Å². The summed E-state index contributed by atoms with van der Waals surface area (Å²) in [6.45, 7) is 24.1. The van der Waals surface area contributed by atoms with Crippen molar-refractivity contribution in [2.45, 2.75) is 142 Å². The van der Waals surface area contributed by atoms with Crippen molar-refractivity contribution in [3.05, 3.63) is 131 Å². The molecule has 40 nitrogen and oxygen atoms in total. The van der Waals surface area contributed by atoms with Crippen LogP contribution in [0, 0.1) is 0 Å². The van der Waals surface area contributed by atoms with Gasteiger partial charge in [-0.2, -0.15) is 33.7 Å². The van der Waals surface area contributed by atoms with Crippen molar-refractivity contribution in [2.75, 3.05) is 37.7 Å². The van der Waals surface area contributed by atoms with Crippen LogP contribution in [-0.4, -0.2) is 197 Å². The Morgan fingerprint density at radius 2 is 0.639 bits per heavy atom. The molecule has 0 aromatic heterocycles. The Balaban J connectivity index is 0.000000269. The summed E-state index contributed by atoms with van der Waals surface area (Å²) in [4.78, 5) is 16.7. The fraction of sp³-hybridized carbons (Fsp3) is 0.343. The molecule has 12 rings (SSSR count). The van der Waals surface area contributed by atoms with Gasteiger partial charge in [-0.15, -0.1) is 50.5 Å². The van der Waals surface area contributed by atoms with Gasteiger partial charge in [-0.1, -0.05) is 98.7 Å². The maximum Gasteiger partial charge on any atom is 0.425 e. The van der Waals surface area contributed by atoms with Gasteiger partial charge in [0.2, 0.25) is 40.1 Å². The number of hydrogen-bond acceptors (Lipinski definition) is 32. The summed E-state index contributed by atoms with van der Waals surface area (Å²) >= 11 is 0. The summed E-state index contributed by atoms with van der Waals surface area (Å²) in [5, 5.41) is 4.93. The van der Waals surface area contributed by atoms with Gasteiger partial charge in [0.05, 0.1) is 63.6 Å². The summed E-state index contributed by atoms with van der Waals surface area (Å²) < 4.78 is 339. The normalized spacial score (nSPS) is 15.4. The van der Waals surface area contributed by atoms with Gasteiger partial charge in [0, 0.05) is 82.0 Å². The number of hydrogen-bond donors (Lipinski definition) is 8. The molecule has 0 aliphatic carbocycles. The molecule has 0 amide bonds. The molecule has 8 N–H and O–H groups in total. The summed E-state index contributed by atoms with van der Waals surface area (Å²) in [6.07, 6.45) is 0. The third-order valence-electron chi connectivity index (χ3n) is 18.7. The zero-order valence-corrected chi connectivity index (χ0v) is 74.4. The Bertz CT molecular complexity index is 6960. The third kappa shape index (κ3) is 25.7. The number of benzene rings is 8. The molecule has 0 bridgehead atoms. The second kappa shape index (κ2) is 38.5. The van der Waals surface area contributed by atoms with Crippen molar-refractivity contribution < 1.29 is 136 Å². The minimum atomic E-state index is -4.75. The van der Waals surface area contributed by atoms with Crippen LogP contribution in [0.1, 0.15) is 118 Å². The first-order chi connectivity index (χ1) is 54.2. The van der Waals surface area contributed by atoms with E-state index in [0.717, 1.165) is 79.0 Å². The van der Waals surface area contributed by atoms with E-state index in [4.69, 9.17) is 64.2 Å². The second-order valence-electron chi connectivity index (χ2n) is 27.3. The van der Waals surface area contributed by atoms with Gasteiger partial charge >= 0.3 is 42.4 Å². The molecule has 52 heteroatoms.